The molecule has 1 N–H and O–H groups in total. The van der Waals surface area contributed by atoms with E-state index in [2.05, 4.69) is 21.2 Å². The molecule has 0 aliphatic carbocycles. The second-order valence-electron chi connectivity index (χ2n) is 4.43. The van der Waals surface area contributed by atoms with E-state index in [9.17, 15) is 9.18 Å². The molecule has 1 fully saturated rings. The number of amides is 1. The first kappa shape index (κ1) is 13.5. The Bertz CT molecular complexity index is 433. The summed E-state index contributed by atoms with van der Waals surface area (Å²) in [5, 5.41) is 2.99. The van der Waals surface area contributed by atoms with E-state index in [-0.39, 0.29) is 18.3 Å². The van der Waals surface area contributed by atoms with Gasteiger partial charge in [-0.3, -0.25) is 4.79 Å². The van der Waals surface area contributed by atoms with Crippen molar-refractivity contribution in [2.24, 2.45) is 0 Å². The molecule has 1 aliphatic rings. The summed E-state index contributed by atoms with van der Waals surface area (Å²) in [6.07, 6.45) is 2.18. The summed E-state index contributed by atoms with van der Waals surface area (Å²) in [7, 11) is 0. The Labute approximate surface area is 114 Å². The highest BCUT2D eigenvalue weighted by Crippen LogP contribution is 2.15. The van der Waals surface area contributed by atoms with Crippen LogP contribution in [0.1, 0.15) is 18.4 Å². The zero-order chi connectivity index (χ0) is 13.0. The Morgan fingerprint density at radius 1 is 1.39 bits per heavy atom. The summed E-state index contributed by atoms with van der Waals surface area (Å²) in [4.78, 5) is 13.6. The molecule has 1 aromatic rings. The minimum absolute atomic E-state index is 0.102. The molecular formula is C13H16BrFN2O. The van der Waals surface area contributed by atoms with Crippen LogP contribution in [0.4, 0.5) is 4.39 Å². The van der Waals surface area contributed by atoms with Gasteiger partial charge in [0.1, 0.15) is 5.82 Å². The van der Waals surface area contributed by atoms with E-state index in [4.69, 9.17) is 0 Å². The molecule has 1 aliphatic heterocycles. The first-order valence-electron chi connectivity index (χ1n) is 6.09. The van der Waals surface area contributed by atoms with E-state index in [1.807, 2.05) is 4.90 Å². The van der Waals surface area contributed by atoms with Crippen LogP contribution in [-0.2, 0) is 11.3 Å². The zero-order valence-corrected chi connectivity index (χ0v) is 11.7. The Balaban J connectivity index is 1.79. The van der Waals surface area contributed by atoms with Crippen molar-refractivity contribution in [3.63, 3.8) is 0 Å². The molecule has 1 amide bonds. The van der Waals surface area contributed by atoms with Gasteiger partial charge in [-0.15, -0.1) is 0 Å². The van der Waals surface area contributed by atoms with Gasteiger partial charge in [-0.05, 0) is 25.0 Å². The molecule has 0 saturated carbocycles. The number of carbonyl (C=O) groups excluding carboxylic acids is 1. The van der Waals surface area contributed by atoms with Crippen LogP contribution in [0.15, 0.2) is 22.7 Å². The normalized spacial score (nSPS) is 15.1. The summed E-state index contributed by atoms with van der Waals surface area (Å²) in [6.45, 7) is 2.36. The van der Waals surface area contributed by atoms with Crippen LogP contribution in [-0.4, -0.2) is 30.4 Å². The Hall–Kier alpha value is -0.940. The summed E-state index contributed by atoms with van der Waals surface area (Å²) < 4.78 is 14.2. The van der Waals surface area contributed by atoms with E-state index in [1.54, 1.807) is 12.1 Å². The van der Waals surface area contributed by atoms with E-state index in [1.165, 1.54) is 6.07 Å². The van der Waals surface area contributed by atoms with Crippen LogP contribution < -0.4 is 5.32 Å². The Kier molecular flexibility index (Phi) is 4.72. The van der Waals surface area contributed by atoms with Crippen molar-refractivity contribution in [1.82, 2.24) is 10.2 Å². The molecule has 3 nitrogen and oxygen atoms in total. The van der Waals surface area contributed by atoms with Gasteiger partial charge in [-0.1, -0.05) is 22.0 Å². The van der Waals surface area contributed by atoms with Crippen LogP contribution in [0.3, 0.4) is 0 Å². The van der Waals surface area contributed by atoms with Crippen molar-refractivity contribution < 1.29 is 9.18 Å². The summed E-state index contributed by atoms with van der Waals surface area (Å²) in [5.41, 5.74) is 0.576. The number of benzene rings is 1. The Morgan fingerprint density at radius 2 is 2.11 bits per heavy atom. The Morgan fingerprint density at radius 3 is 2.78 bits per heavy atom. The predicted molar refractivity (Wildman–Crippen MR) is 71.6 cm³/mol. The fraction of sp³-hybridized carbons (Fsp3) is 0.462. The van der Waals surface area contributed by atoms with Gasteiger partial charge in [0.25, 0.3) is 0 Å². The average molecular weight is 315 g/mol. The SMILES string of the molecule is O=C(CNCc1ccc(Br)cc1F)N1CCCC1. The fourth-order valence-corrected chi connectivity index (χ4v) is 2.38. The molecule has 2 rings (SSSR count). The molecule has 0 atom stereocenters. The van der Waals surface area contributed by atoms with E-state index in [0.29, 0.717) is 12.1 Å². The molecule has 1 heterocycles. The topological polar surface area (TPSA) is 32.3 Å². The molecule has 1 aromatic carbocycles. The number of hydrogen-bond donors (Lipinski definition) is 1. The van der Waals surface area contributed by atoms with Gasteiger partial charge in [0.15, 0.2) is 0 Å². The second kappa shape index (κ2) is 6.29. The average Bonchev–Trinajstić information content (AvgIpc) is 2.85. The van der Waals surface area contributed by atoms with Crippen molar-refractivity contribution in [2.75, 3.05) is 19.6 Å². The zero-order valence-electron chi connectivity index (χ0n) is 10.1. The van der Waals surface area contributed by atoms with E-state index < -0.39 is 0 Å². The minimum Gasteiger partial charge on any atom is -0.342 e. The highest BCUT2D eigenvalue weighted by atomic mass is 79.9. The molecule has 0 bridgehead atoms. The van der Waals surface area contributed by atoms with Gasteiger partial charge < -0.3 is 10.2 Å². The lowest BCUT2D eigenvalue weighted by Crippen LogP contribution is -2.36. The summed E-state index contributed by atoms with van der Waals surface area (Å²) in [5.74, 6) is -0.157. The first-order valence-corrected chi connectivity index (χ1v) is 6.88. The maximum atomic E-state index is 13.5. The standard InChI is InChI=1S/C13H16BrFN2O/c14-11-4-3-10(12(15)7-11)8-16-9-13(18)17-5-1-2-6-17/h3-4,7,16H,1-2,5-6,8-9H2. The van der Waals surface area contributed by atoms with Crippen LogP contribution in [0, 0.1) is 5.82 Å². The number of likely N-dealkylation sites (tertiary alicyclic amines) is 1. The number of carbonyl (C=O) groups is 1. The van der Waals surface area contributed by atoms with Crippen molar-refractivity contribution in [1.29, 1.82) is 0 Å². The van der Waals surface area contributed by atoms with Gasteiger partial charge >= 0.3 is 0 Å². The molecule has 1 saturated heterocycles. The lowest BCUT2D eigenvalue weighted by Gasteiger charge is -2.15. The highest BCUT2D eigenvalue weighted by Gasteiger charge is 2.17. The first-order chi connectivity index (χ1) is 8.66. The molecule has 5 heteroatoms. The van der Waals surface area contributed by atoms with Crippen LogP contribution in [0.25, 0.3) is 0 Å². The molecule has 0 unspecified atom stereocenters. The number of rotatable bonds is 4. The van der Waals surface area contributed by atoms with Crippen molar-refractivity contribution >= 4 is 21.8 Å². The molecule has 0 radical (unpaired) electrons. The van der Waals surface area contributed by atoms with Crippen LogP contribution >= 0.6 is 15.9 Å². The smallest absolute Gasteiger partial charge is 0.236 e. The van der Waals surface area contributed by atoms with Gasteiger partial charge in [0.2, 0.25) is 5.91 Å². The van der Waals surface area contributed by atoms with Gasteiger partial charge in [-0.2, -0.15) is 0 Å². The fourth-order valence-electron chi connectivity index (χ4n) is 2.05. The maximum Gasteiger partial charge on any atom is 0.236 e. The third-order valence-electron chi connectivity index (χ3n) is 3.07. The highest BCUT2D eigenvalue weighted by molar-refractivity contribution is 9.10. The third-order valence-corrected chi connectivity index (χ3v) is 3.56. The summed E-state index contributed by atoms with van der Waals surface area (Å²) >= 11 is 3.21. The molecule has 0 spiro atoms. The lowest BCUT2D eigenvalue weighted by molar-refractivity contribution is -0.129. The second-order valence-corrected chi connectivity index (χ2v) is 5.34. The quantitative estimate of drug-likeness (QED) is 0.925. The minimum atomic E-state index is -0.259. The van der Waals surface area contributed by atoms with Gasteiger partial charge in [-0.25, -0.2) is 4.39 Å². The monoisotopic (exact) mass is 314 g/mol. The van der Waals surface area contributed by atoms with Crippen molar-refractivity contribution in [2.45, 2.75) is 19.4 Å². The van der Waals surface area contributed by atoms with Crippen LogP contribution in [0.5, 0.6) is 0 Å². The van der Waals surface area contributed by atoms with E-state index >= 15 is 0 Å². The summed E-state index contributed by atoms with van der Waals surface area (Å²) in [6, 6.07) is 4.94. The largest absolute Gasteiger partial charge is 0.342 e. The molecule has 98 valence electrons. The number of hydrogen-bond acceptors (Lipinski definition) is 2. The van der Waals surface area contributed by atoms with Gasteiger partial charge in [0.05, 0.1) is 6.54 Å². The molecular weight excluding hydrogens is 299 g/mol. The molecule has 0 aromatic heterocycles. The number of nitrogens with one attached hydrogen (secondary N) is 1. The van der Waals surface area contributed by atoms with Crippen molar-refractivity contribution in [3.05, 3.63) is 34.1 Å². The van der Waals surface area contributed by atoms with Gasteiger partial charge in [0, 0.05) is 29.7 Å². The third kappa shape index (κ3) is 3.53. The maximum absolute atomic E-state index is 13.5. The predicted octanol–water partition coefficient (Wildman–Crippen LogP) is 2.30. The number of nitrogens with zero attached hydrogens (tertiary/aromatic N) is 1. The van der Waals surface area contributed by atoms with E-state index in [0.717, 1.165) is 30.4 Å². The molecule has 18 heavy (non-hydrogen) atoms. The van der Waals surface area contributed by atoms with Crippen molar-refractivity contribution in [3.8, 4) is 0 Å². The van der Waals surface area contributed by atoms with Crippen LogP contribution in [0.2, 0.25) is 0 Å². The number of halogens is 2. The lowest BCUT2D eigenvalue weighted by atomic mass is 10.2.